The van der Waals surface area contributed by atoms with E-state index in [0.717, 1.165) is 18.1 Å². The van der Waals surface area contributed by atoms with Gasteiger partial charge in [-0.25, -0.2) is 4.79 Å². The van der Waals surface area contributed by atoms with E-state index in [1.165, 1.54) is 19.1 Å². The van der Waals surface area contributed by atoms with Crippen molar-refractivity contribution in [3.63, 3.8) is 0 Å². The number of carbonyl (C=O) groups is 3. The van der Waals surface area contributed by atoms with Gasteiger partial charge in [-0.15, -0.1) is 0 Å². The van der Waals surface area contributed by atoms with Gasteiger partial charge in [0.05, 0.1) is 23.5 Å². The van der Waals surface area contributed by atoms with Crippen LogP contribution in [0, 0.1) is 10.1 Å². The molecule has 1 aromatic carbocycles. The number of esters is 1. The second kappa shape index (κ2) is 8.08. The van der Waals surface area contributed by atoms with E-state index in [-0.39, 0.29) is 22.8 Å². The molecule has 0 radical (unpaired) electrons. The monoisotopic (exact) mass is 396 g/mol. The van der Waals surface area contributed by atoms with Gasteiger partial charge in [-0.3, -0.25) is 24.6 Å². The van der Waals surface area contributed by atoms with E-state index in [9.17, 15) is 29.6 Å². The smallest absolute Gasteiger partial charge is 0.328 e. The summed E-state index contributed by atoms with van der Waals surface area (Å²) in [4.78, 5) is 47.2. The van der Waals surface area contributed by atoms with Crippen molar-refractivity contribution < 1.29 is 33.9 Å². The summed E-state index contributed by atoms with van der Waals surface area (Å²) in [6.45, 7) is 3.14. The number of nitro groups is 1. The molecule has 1 atom stereocenters. The SMILES string of the molecule is CCOc1cc(/C=C2/SC(=O)N(C(C)C(=O)OC)C2=O)cc([N+](=O)[O-])c1O. The van der Waals surface area contributed by atoms with Crippen molar-refractivity contribution >= 4 is 40.6 Å². The Kier molecular flexibility index (Phi) is 6.05. The number of phenolic OH excluding ortho intramolecular Hbond substituents is 1. The maximum atomic E-state index is 12.5. The number of methoxy groups -OCH3 is 1. The first kappa shape index (κ1) is 20.2. The quantitative estimate of drug-likeness (QED) is 0.332. The minimum absolute atomic E-state index is 0.0295. The number of thioether (sulfide) groups is 1. The largest absolute Gasteiger partial charge is 0.500 e. The highest BCUT2D eigenvalue weighted by Gasteiger charge is 2.41. The van der Waals surface area contributed by atoms with E-state index in [0.29, 0.717) is 11.8 Å². The van der Waals surface area contributed by atoms with Crippen LogP contribution in [0.4, 0.5) is 10.5 Å². The first-order valence-electron chi connectivity index (χ1n) is 7.70. The van der Waals surface area contributed by atoms with Gasteiger partial charge in [-0.2, -0.15) is 0 Å². The first-order valence-corrected chi connectivity index (χ1v) is 8.52. The molecule has 144 valence electrons. The van der Waals surface area contributed by atoms with Gasteiger partial charge < -0.3 is 14.6 Å². The number of hydrogen-bond donors (Lipinski definition) is 1. The van der Waals surface area contributed by atoms with Crippen molar-refractivity contribution in [2.45, 2.75) is 19.9 Å². The predicted octanol–water partition coefficient (Wildman–Crippen LogP) is 2.30. The predicted molar refractivity (Wildman–Crippen MR) is 95.2 cm³/mol. The van der Waals surface area contributed by atoms with Crippen LogP contribution in [0.2, 0.25) is 0 Å². The number of phenols is 1. The topological polar surface area (TPSA) is 136 Å². The average Bonchev–Trinajstić information content (AvgIpc) is 2.89. The molecule has 2 amide bonds. The highest BCUT2D eigenvalue weighted by Crippen LogP contribution is 2.39. The number of nitro benzene ring substituents is 1. The van der Waals surface area contributed by atoms with E-state index in [1.807, 2.05) is 0 Å². The van der Waals surface area contributed by atoms with E-state index < -0.39 is 39.5 Å². The summed E-state index contributed by atoms with van der Waals surface area (Å²) in [6.07, 6.45) is 1.25. The third kappa shape index (κ3) is 4.03. The molecule has 10 nitrogen and oxygen atoms in total. The number of imide groups is 1. The Morgan fingerprint density at radius 3 is 2.67 bits per heavy atom. The number of nitrogens with zero attached hydrogens (tertiary/aromatic N) is 2. The lowest BCUT2D eigenvalue weighted by Gasteiger charge is -2.18. The number of aromatic hydroxyl groups is 1. The van der Waals surface area contributed by atoms with Gasteiger partial charge >= 0.3 is 11.7 Å². The van der Waals surface area contributed by atoms with Gasteiger partial charge in [-0.05, 0) is 43.3 Å². The fraction of sp³-hybridized carbons (Fsp3) is 0.312. The van der Waals surface area contributed by atoms with Crippen molar-refractivity contribution in [1.82, 2.24) is 4.90 Å². The molecule has 1 saturated heterocycles. The summed E-state index contributed by atoms with van der Waals surface area (Å²) in [5.41, 5.74) is -0.423. The third-order valence-electron chi connectivity index (χ3n) is 3.62. The Balaban J connectivity index is 2.44. The summed E-state index contributed by atoms with van der Waals surface area (Å²) in [5, 5.41) is 20.4. The lowest BCUT2D eigenvalue weighted by molar-refractivity contribution is -0.386. The molecule has 1 aliphatic rings. The minimum atomic E-state index is -1.11. The zero-order valence-corrected chi connectivity index (χ0v) is 15.4. The van der Waals surface area contributed by atoms with E-state index >= 15 is 0 Å². The van der Waals surface area contributed by atoms with Gasteiger partial charge in [0.2, 0.25) is 5.75 Å². The fourth-order valence-electron chi connectivity index (χ4n) is 2.34. The average molecular weight is 396 g/mol. The van der Waals surface area contributed by atoms with E-state index in [2.05, 4.69) is 4.74 Å². The molecule has 1 fully saturated rings. The summed E-state index contributed by atoms with van der Waals surface area (Å²) in [6, 6.07) is 1.25. The molecule has 1 aliphatic heterocycles. The highest BCUT2D eigenvalue weighted by molar-refractivity contribution is 8.18. The molecular weight excluding hydrogens is 380 g/mol. The van der Waals surface area contributed by atoms with Gasteiger partial charge in [-0.1, -0.05) is 0 Å². The van der Waals surface area contributed by atoms with Crippen molar-refractivity contribution in [2.75, 3.05) is 13.7 Å². The Labute approximate surface area is 157 Å². The molecular formula is C16H16N2O8S. The van der Waals surface area contributed by atoms with Crippen LogP contribution in [0.5, 0.6) is 11.5 Å². The Morgan fingerprint density at radius 1 is 1.44 bits per heavy atom. The summed E-state index contributed by atoms with van der Waals surface area (Å²) < 4.78 is 9.71. The summed E-state index contributed by atoms with van der Waals surface area (Å²) >= 11 is 0.588. The van der Waals surface area contributed by atoms with E-state index in [4.69, 9.17) is 4.74 Å². The molecule has 1 aromatic rings. The molecule has 0 bridgehead atoms. The van der Waals surface area contributed by atoms with Gasteiger partial charge in [0.25, 0.3) is 11.1 Å². The third-order valence-corrected chi connectivity index (χ3v) is 4.51. The Bertz CT molecular complexity index is 851. The van der Waals surface area contributed by atoms with Crippen LogP contribution in [0.3, 0.4) is 0 Å². The van der Waals surface area contributed by atoms with Crippen LogP contribution in [0.1, 0.15) is 19.4 Å². The van der Waals surface area contributed by atoms with Crippen LogP contribution in [0.25, 0.3) is 6.08 Å². The highest BCUT2D eigenvalue weighted by atomic mass is 32.2. The maximum absolute atomic E-state index is 12.5. The zero-order chi connectivity index (χ0) is 20.3. The van der Waals surface area contributed by atoms with Crippen molar-refractivity contribution in [1.29, 1.82) is 0 Å². The van der Waals surface area contributed by atoms with Crippen LogP contribution < -0.4 is 4.74 Å². The van der Waals surface area contributed by atoms with Crippen molar-refractivity contribution in [3.8, 4) is 11.5 Å². The van der Waals surface area contributed by atoms with Gasteiger partial charge in [0, 0.05) is 6.07 Å². The fourth-order valence-corrected chi connectivity index (χ4v) is 3.25. The van der Waals surface area contributed by atoms with Crippen LogP contribution in [0.15, 0.2) is 17.0 Å². The number of ether oxygens (including phenoxy) is 2. The van der Waals surface area contributed by atoms with E-state index in [1.54, 1.807) is 6.92 Å². The van der Waals surface area contributed by atoms with Crippen LogP contribution in [-0.2, 0) is 14.3 Å². The lowest BCUT2D eigenvalue weighted by Crippen LogP contribution is -2.42. The zero-order valence-electron chi connectivity index (χ0n) is 14.6. The molecule has 0 spiro atoms. The molecule has 0 aliphatic carbocycles. The second-order valence-electron chi connectivity index (χ2n) is 5.33. The number of carbonyl (C=O) groups excluding carboxylic acids is 3. The molecule has 0 aromatic heterocycles. The van der Waals surface area contributed by atoms with Crippen molar-refractivity contribution in [2.24, 2.45) is 0 Å². The minimum Gasteiger partial charge on any atom is -0.500 e. The molecule has 1 heterocycles. The molecule has 0 saturated carbocycles. The normalized spacial score (nSPS) is 16.6. The lowest BCUT2D eigenvalue weighted by atomic mass is 10.1. The molecule has 1 unspecified atom stereocenters. The van der Waals surface area contributed by atoms with Crippen LogP contribution >= 0.6 is 11.8 Å². The molecule has 27 heavy (non-hydrogen) atoms. The Morgan fingerprint density at radius 2 is 2.11 bits per heavy atom. The second-order valence-corrected chi connectivity index (χ2v) is 6.32. The Hall–Kier alpha value is -3.08. The number of benzene rings is 1. The van der Waals surface area contributed by atoms with Crippen LogP contribution in [-0.4, -0.2) is 51.8 Å². The number of rotatable bonds is 6. The summed E-state index contributed by atoms with van der Waals surface area (Å²) in [5.74, 6) is -2.24. The molecule has 1 N–H and O–H groups in total. The van der Waals surface area contributed by atoms with Crippen molar-refractivity contribution in [3.05, 3.63) is 32.7 Å². The summed E-state index contributed by atoms with van der Waals surface area (Å²) in [7, 11) is 1.14. The number of amides is 2. The molecule has 2 rings (SSSR count). The first-order chi connectivity index (χ1) is 12.7. The maximum Gasteiger partial charge on any atom is 0.328 e. The number of hydrogen-bond acceptors (Lipinski definition) is 9. The van der Waals surface area contributed by atoms with Gasteiger partial charge in [0.1, 0.15) is 6.04 Å². The molecule has 11 heteroatoms. The standard InChI is InChI=1S/C16H16N2O8S/c1-4-26-11-6-9(5-10(13(11)19)18(23)24)7-12-14(20)17(16(22)27-12)8(2)15(21)25-3/h5-8,19H,4H2,1-3H3/b12-7+. The van der Waals surface area contributed by atoms with Gasteiger partial charge in [0.15, 0.2) is 5.75 Å².